The summed E-state index contributed by atoms with van der Waals surface area (Å²) in [5.41, 5.74) is 1.25. The molecule has 0 unspecified atom stereocenters. The number of carboxylic acids is 1. The maximum Gasteiger partial charge on any atom is 0.375 e. The molecule has 84 valence electrons. The first-order chi connectivity index (χ1) is 7.75. The van der Waals surface area contributed by atoms with Crippen LogP contribution in [0, 0.1) is 0 Å². The van der Waals surface area contributed by atoms with E-state index in [-0.39, 0.29) is 5.76 Å². The van der Waals surface area contributed by atoms with E-state index >= 15 is 0 Å². The molecule has 0 saturated heterocycles. The molecule has 0 radical (unpaired) electrons. The van der Waals surface area contributed by atoms with Gasteiger partial charge in [0.15, 0.2) is 0 Å². The first-order valence-electron chi connectivity index (χ1n) is 5.06. The van der Waals surface area contributed by atoms with E-state index in [1.54, 1.807) is 0 Å². The molecule has 0 aromatic carbocycles. The summed E-state index contributed by atoms with van der Waals surface area (Å²) in [4.78, 5) is 10.5. The summed E-state index contributed by atoms with van der Waals surface area (Å²) < 4.78 is 10.1. The van der Waals surface area contributed by atoms with Gasteiger partial charge in [-0.2, -0.15) is 0 Å². The highest BCUT2D eigenvalue weighted by Gasteiger charge is 2.15. The Morgan fingerprint density at radius 2 is 2.25 bits per heavy atom. The Morgan fingerprint density at radius 3 is 2.81 bits per heavy atom. The van der Waals surface area contributed by atoms with Crippen LogP contribution in [-0.2, 0) is 14.3 Å². The van der Waals surface area contributed by atoms with Crippen molar-refractivity contribution in [3.63, 3.8) is 0 Å². The topological polar surface area (TPSA) is 55.8 Å². The monoisotopic (exact) mass is 220 g/mol. The molecular formula is C12H12O4. The largest absolute Gasteiger partial charge is 0.475 e. The number of hydrogen-bond donors (Lipinski definition) is 1. The molecule has 1 aliphatic carbocycles. The lowest BCUT2D eigenvalue weighted by Gasteiger charge is -2.15. The smallest absolute Gasteiger partial charge is 0.375 e. The summed E-state index contributed by atoms with van der Waals surface area (Å²) in [6.07, 6.45) is 11.3. The van der Waals surface area contributed by atoms with Crippen LogP contribution < -0.4 is 0 Å². The fourth-order valence-corrected chi connectivity index (χ4v) is 1.52. The van der Waals surface area contributed by atoms with E-state index in [1.165, 1.54) is 11.8 Å². The average Bonchev–Trinajstić information content (AvgIpc) is 2.31. The Labute approximate surface area is 93.2 Å². The number of hydrogen-bond acceptors (Lipinski definition) is 3. The first kappa shape index (κ1) is 10.5. The van der Waals surface area contributed by atoms with E-state index in [9.17, 15) is 4.79 Å². The summed E-state index contributed by atoms with van der Waals surface area (Å²) in [6.45, 7) is 0. The Bertz CT molecular complexity index is 413. The number of allylic oxidation sites excluding steroid dienone is 4. The minimum atomic E-state index is -1.13. The second-order valence-corrected chi connectivity index (χ2v) is 3.58. The van der Waals surface area contributed by atoms with Gasteiger partial charge in [0, 0.05) is 6.42 Å². The molecule has 1 aliphatic heterocycles. The molecule has 0 fully saturated rings. The van der Waals surface area contributed by atoms with Gasteiger partial charge in [-0.1, -0.05) is 23.8 Å². The fraction of sp³-hybridized carbons (Fsp3) is 0.250. The van der Waals surface area contributed by atoms with Crippen molar-refractivity contribution in [1.29, 1.82) is 0 Å². The van der Waals surface area contributed by atoms with Gasteiger partial charge in [0.1, 0.15) is 18.3 Å². The van der Waals surface area contributed by atoms with Crippen molar-refractivity contribution < 1.29 is 19.4 Å². The standard InChI is InChI=1S/C12H12O4/c13-12(14)11-8-15-10(7-16-11)6-9-4-2-1-3-5-9/h1-2,4,7-8H,3,5-6H2,(H,13,14). The van der Waals surface area contributed by atoms with Gasteiger partial charge < -0.3 is 14.6 Å². The van der Waals surface area contributed by atoms with Crippen molar-refractivity contribution >= 4 is 5.97 Å². The average molecular weight is 220 g/mol. The lowest BCUT2D eigenvalue weighted by Crippen LogP contribution is -2.07. The third-order valence-corrected chi connectivity index (χ3v) is 2.35. The molecule has 4 heteroatoms. The van der Waals surface area contributed by atoms with Crippen molar-refractivity contribution in [3.05, 3.63) is 47.8 Å². The third kappa shape index (κ3) is 2.53. The van der Waals surface area contributed by atoms with Crippen LogP contribution in [0.2, 0.25) is 0 Å². The van der Waals surface area contributed by atoms with Crippen molar-refractivity contribution in [2.24, 2.45) is 0 Å². The van der Waals surface area contributed by atoms with Crippen molar-refractivity contribution in [2.75, 3.05) is 0 Å². The second kappa shape index (κ2) is 4.70. The van der Waals surface area contributed by atoms with Gasteiger partial charge in [-0.25, -0.2) is 4.79 Å². The number of rotatable bonds is 3. The van der Waals surface area contributed by atoms with Crippen LogP contribution in [0.5, 0.6) is 0 Å². The van der Waals surface area contributed by atoms with E-state index in [2.05, 4.69) is 6.08 Å². The van der Waals surface area contributed by atoms with E-state index in [0.717, 1.165) is 19.1 Å². The van der Waals surface area contributed by atoms with E-state index in [4.69, 9.17) is 14.6 Å². The molecule has 16 heavy (non-hydrogen) atoms. The second-order valence-electron chi connectivity index (χ2n) is 3.58. The molecule has 4 nitrogen and oxygen atoms in total. The lowest BCUT2D eigenvalue weighted by atomic mass is 10.0. The van der Waals surface area contributed by atoms with Gasteiger partial charge in [0.25, 0.3) is 0 Å². The van der Waals surface area contributed by atoms with Crippen molar-refractivity contribution in [2.45, 2.75) is 19.3 Å². The van der Waals surface area contributed by atoms with E-state index in [0.29, 0.717) is 12.2 Å². The molecule has 0 spiro atoms. The Balaban J connectivity index is 1.92. The van der Waals surface area contributed by atoms with Gasteiger partial charge in [0.2, 0.25) is 5.76 Å². The Kier molecular flexibility index (Phi) is 3.10. The number of aliphatic carboxylic acids is 1. The molecule has 2 rings (SSSR count). The van der Waals surface area contributed by atoms with Gasteiger partial charge in [0.05, 0.1) is 0 Å². The summed E-state index contributed by atoms with van der Waals surface area (Å²) in [5.74, 6) is -0.692. The molecule has 1 N–H and O–H groups in total. The molecule has 0 bridgehead atoms. The highest BCUT2D eigenvalue weighted by Crippen LogP contribution is 2.23. The van der Waals surface area contributed by atoms with Crippen molar-refractivity contribution in [1.82, 2.24) is 0 Å². The van der Waals surface area contributed by atoms with E-state index < -0.39 is 5.97 Å². The van der Waals surface area contributed by atoms with Crippen LogP contribution in [0.4, 0.5) is 0 Å². The minimum absolute atomic E-state index is 0.193. The number of carbonyl (C=O) groups is 1. The summed E-state index contributed by atoms with van der Waals surface area (Å²) in [7, 11) is 0. The van der Waals surface area contributed by atoms with Crippen LogP contribution >= 0.6 is 0 Å². The normalized spacial score (nSPS) is 18.9. The zero-order chi connectivity index (χ0) is 11.4. The molecule has 0 atom stereocenters. The molecule has 0 aromatic rings. The summed E-state index contributed by atoms with van der Waals surface area (Å²) in [6, 6.07) is 0. The Morgan fingerprint density at radius 1 is 1.38 bits per heavy atom. The summed E-state index contributed by atoms with van der Waals surface area (Å²) >= 11 is 0. The number of carboxylic acid groups (broad SMARTS) is 1. The van der Waals surface area contributed by atoms with E-state index in [1.807, 2.05) is 12.2 Å². The molecule has 0 amide bonds. The maximum atomic E-state index is 10.5. The van der Waals surface area contributed by atoms with Gasteiger partial charge in [-0.05, 0) is 12.8 Å². The molecule has 0 aromatic heterocycles. The van der Waals surface area contributed by atoms with Crippen LogP contribution in [0.1, 0.15) is 19.3 Å². The van der Waals surface area contributed by atoms with Crippen molar-refractivity contribution in [3.8, 4) is 0 Å². The van der Waals surface area contributed by atoms with Gasteiger partial charge >= 0.3 is 5.97 Å². The molecule has 0 saturated carbocycles. The predicted molar refractivity (Wildman–Crippen MR) is 57.0 cm³/mol. The fourth-order valence-electron chi connectivity index (χ4n) is 1.52. The van der Waals surface area contributed by atoms with Crippen LogP contribution in [-0.4, -0.2) is 11.1 Å². The van der Waals surface area contributed by atoms with Crippen LogP contribution in [0.25, 0.3) is 0 Å². The van der Waals surface area contributed by atoms with Gasteiger partial charge in [-0.3, -0.25) is 0 Å². The van der Waals surface area contributed by atoms with Gasteiger partial charge in [-0.15, -0.1) is 0 Å². The van der Waals surface area contributed by atoms with Crippen LogP contribution in [0.15, 0.2) is 47.8 Å². The zero-order valence-electron chi connectivity index (χ0n) is 8.68. The zero-order valence-corrected chi connectivity index (χ0v) is 8.68. The minimum Gasteiger partial charge on any atom is -0.475 e. The lowest BCUT2D eigenvalue weighted by molar-refractivity contribution is -0.136. The number of ether oxygens (including phenoxy) is 2. The first-order valence-corrected chi connectivity index (χ1v) is 5.06. The quantitative estimate of drug-likeness (QED) is 0.793. The third-order valence-electron chi connectivity index (χ3n) is 2.35. The highest BCUT2D eigenvalue weighted by molar-refractivity contribution is 5.84. The Hall–Kier alpha value is -1.97. The highest BCUT2D eigenvalue weighted by atomic mass is 16.6. The van der Waals surface area contributed by atoms with Crippen LogP contribution in [0.3, 0.4) is 0 Å². The SMILES string of the molecule is O=C(O)C1=COC(CC2=CC=CCC2)=CO1. The predicted octanol–water partition coefficient (Wildman–Crippen LogP) is 2.47. The molecule has 1 heterocycles. The molecule has 2 aliphatic rings. The maximum absolute atomic E-state index is 10.5. The summed E-state index contributed by atoms with van der Waals surface area (Å²) in [5, 5.41) is 8.62. The molecular weight excluding hydrogens is 208 g/mol.